The normalized spacial score (nSPS) is 31.9. The van der Waals surface area contributed by atoms with Gasteiger partial charge in [0.15, 0.2) is 0 Å². The van der Waals surface area contributed by atoms with Gasteiger partial charge in [0.25, 0.3) is 5.91 Å². The molecule has 0 radical (unpaired) electrons. The maximum absolute atomic E-state index is 12.8. The van der Waals surface area contributed by atoms with Crippen molar-refractivity contribution in [2.45, 2.75) is 69.2 Å². The highest BCUT2D eigenvalue weighted by Gasteiger charge is 2.45. The molecule has 3 unspecified atom stereocenters. The third-order valence-corrected chi connectivity index (χ3v) is 6.98. The molecule has 3 aliphatic heterocycles. The number of fused-ring (bicyclic) bond motifs is 2. The minimum Gasteiger partial charge on any atom is -0.322 e. The van der Waals surface area contributed by atoms with Crippen molar-refractivity contribution in [3.05, 3.63) is 34.9 Å². The molecule has 148 valence electrons. The van der Waals surface area contributed by atoms with Crippen molar-refractivity contribution in [3.63, 3.8) is 0 Å². The summed E-state index contributed by atoms with van der Waals surface area (Å²) in [4.78, 5) is 38.0. The van der Waals surface area contributed by atoms with Gasteiger partial charge in [0.05, 0.1) is 0 Å². The Morgan fingerprint density at radius 1 is 1.18 bits per heavy atom. The summed E-state index contributed by atoms with van der Waals surface area (Å²) in [5.74, 6) is -0.734. The van der Waals surface area contributed by atoms with E-state index >= 15 is 0 Å². The monoisotopic (exact) mass is 382 g/mol. The molecular weight excluding hydrogens is 356 g/mol. The first-order valence-corrected chi connectivity index (χ1v) is 10.3. The van der Waals surface area contributed by atoms with Gasteiger partial charge in [0.1, 0.15) is 6.04 Å². The number of imide groups is 1. The van der Waals surface area contributed by atoms with Gasteiger partial charge >= 0.3 is 0 Å². The summed E-state index contributed by atoms with van der Waals surface area (Å²) in [7, 11) is 0. The van der Waals surface area contributed by atoms with Crippen LogP contribution < -0.4 is 16.0 Å². The quantitative estimate of drug-likeness (QED) is 0.671. The van der Waals surface area contributed by atoms with Crippen molar-refractivity contribution < 1.29 is 14.4 Å². The molecule has 0 spiro atoms. The molecule has 28 heavy (non-hydrogen) atoms. The van der Waals surface area contributed by atoms with Gasteiger partial charge in [0, 0.05) is 36.7 Å². The number of nitrogens with one attached hydrogen (secondary N) is 3. The predicted octanol–water partition coefficient (Wildman–Crippen LogP) is 0.822. The van der Waals surface area contributed by atoms with Gasteiger partial charge in [-0.25, -0.2) is 0 Å². The Kier molecular flexibility index (Phi) is 4.25. The molecule has 5 rings (SSSR count). The molecule has 3 heterocycles. The van der Waals surface area contributed by atoms with Gasteiger partial charge in [-0.2, -0.15) is 0 Å². The summed E-state index contributed by atoms with van der Waals surface area (Å²) in [6.07, 6.45) is 5.58. The lowest BCUT2D eigenvalue weighted by atomic mass is 9.92. The summed E-state index contributed by atoms with van der Waals surface area (Å²) in [6.45, 7) is 2.30. The summed E-state index contributed by atoms with van der Waals surface area (Å²) in [6, 6.07) is 6.01. The summed E-state index contributed by atoms with van der Waals surface area (Å²) in [5, 5.41) is 9.77. The molecule has 7 heteroatoms. The Labute approximate surface area is 164 Å². The van der Waals surface area contributed by atoms with Crippen LogP contribution in [-0.2, 0) is 22.7 Å². The van der Waals surface area contributed by atoms with Crippen LogP contribution >= 0.6 is 0 Å². The van der Waals surface area contributed by atoms with Crippen molar-refractivity contribution in [3.8, 4) is 0 Å². The second-order valence-electron chi connectivity index (χ2n) is 8.55. The smallest absolute Gasteiger partial charge is 0.255 e. The van der Waals surface area contributed by atoms with Crippen LogP contribution in [0.4, 0.5) is 0 Å². The number of rotatable bonds is 4. The highest BCUT2D eigenvalue weighted by atomic mass is 16.2. The highest BCUT2D eigenvalue weighted by molar-refractivity contribution is 6.05. The third-order valence-electron chi connectivity index (χ3n) is 6.98. The van der Waals surface area contributed by atoms with E-state index in [2.05, 4.69) is 22.0 Å². The number of nitrogens with zero attached hydrogens (tertiary/aromatic N) is 1. The number of carbonyl (C=O) groups is 3. The minimum atomic E-state index is -0.554. The average molecular weight is 382 g/mol. The van der Waals surface area contributed by atoms with Gasteiger partial charge < -0.3 is 15.5 Å². The van der Waals surface area contributed by atoms with Crippen molar-refractivity contribution in [2.75, 3.05) is 6.54 Å². The fourth-order valence-corrected chi connectivity index (χ4v) is 5.45. The molecule has 3 N–H and O–H groups in total. The van der Waals surface area contributed by atoms with Crippen molar-refractivity contribution in [1.29, 1.82) is 0 Å². The average Bonchev–Trinajstić information content (AvgIpc) is 3.33. The van der Waals surface area contributed by atoms with Crippen molar-refractivity contribution in [2.24, 2.45) is 0 Å². The van der Waals surface area contributed by atoms with E-state index in [-0.39, 0.29) is 29.7 Å². The first-order chi connectivity index (χ1) is 13.6. The number of benzene rings is 1. The maximum atomic E-state index is 12.8. The summed E-state index contributed by atoms with van der Waals surface area (Å²) >= 11 is 0. The van der Waals surface area contributed by atoms with E-state index in [1.54, 1.807) is 4.90 Å². The largest absolute Gasteiger partial charge is 0.322 e. The lowest BCUT2D eigenvalue weighted by molar-refractivity contribution is -0.136. The minimum absolute atomic E-state index is 0.113. The molecule has 3 amide bonds. The van der Waals surface area contributed by atoms with Gasteiger partial charge in [-0.1, -0.05) is 12.1 Å². The number of carbonyl (C=O) groups excluding carboxylic acids is 3. The second-order valence-corrected chi connectivity index (χ2v) is 8.55. The fraction of sp³-hybridized carbons (Fsp3) is 0.571. The Morgan fingerprint density at radius 3 is 2.93 bits per heavy atom. The molecule has 1 saturated carbocycles. The zero-order chi connectivity index (χ0) is 19.3. The molecule has 1 aromatic carbocycles. The molecule has 3 atom stereocenters. The molecule has 3 fully saturated rings. The standard InChI is InChI=1S/C21H26N4O3/c26-18-6-5-16(19(27)24-18)25-12-14-10-13(3-4-15(14)20(25)28)11-23-21-7-1-2-17(21)22-9-8-21/h3-4,10,16-17,22-23H,1-2,5-9,11-12H2,(H,24,26,27). The van der Waals surface area contributed by atoms with Crippen LogP contribution in [0.1, 0.15) is 60.0 Å². The number of amides is 3. The van der Waals surface area contributed by atoms with Crippen LogP contribution in [0.5, 0.6) is 0 Å². The zero-order valence-corrected chi connectivity index (χ0v) is 15.9. The van der Waals surface area contributed by atoms with Crippen LogP contribution in [-0.4, -0.2) is 46.8 Å². The van der Waals surface area contributed by atoms with Gasteiger partial charge in [0.2, 0.25) is 11.8 Å². The van der Waals surface area contributed by atoms with E-state index in [0.29, 0.717) is 24.6 Å². The molecule has 1 aromatic rings. The number of hydrogen-bond donors (Lipinski definition) is 3. The topological polar surface area (TPSA) is 90.5 Å². The van der Waals surface area contributed by atoms with Crippen LogP contribution in [0.15, 0.2) is 18.2 Å². The Bertz CT molecular complexity index is 842. The van der Waals surface area contributed by atoms with Crippen LogP contribution in [0.2, 0.25) is 0 Å². The third kappa shape index (κ3) is 2.84. The van der Waals surface area contributed by atoms with E-state index < -0.39 is 6.04 Å². The molecule has 0 bridgehead atoms. The Morgan fingerprint density at radius 2 is 2.07 bits per heavy atom. The van der Waals surface area contributed by atoms with Crippen LogP contribution in [0.25, 0.3) is 0 Å². The first-order valence-electron chi connectivity index (χ1n) is 10.3. The van der Waals surface area contributed by atoms with E-state index in [4.69, 9.17) is 0 Å². The molecule has 7 nitrogen and oxygen atoms in total. The van der Waals surface area contributed by atoms with Crippen LogP contribution in [0, 0.1) is 0 Å². The number of piperidine rings is 1. The lowest BCUT2D eigenvalue weighted by Crippen LogP contribution is -2.52. The van der Waals surface area contributed by atoms with E-state index in [0.717, 1.165) is 18.7 Å². The molecule has 4 aliphatic rings. The summed E-state index contributed by atoms with van der Waals surface area (Å²) < 4.78 is 0. The van der Waals surface area contributed by atoms with Gasteiger partial charge in [-0.3, -0.25) is 19.7 Å². The molecule has 0 aromatic heterocycles. The molecule has 1 aliphatic carbocycles. The number of hydrogen-bond acceptors (Lipinski definition) is 5. The maximum Gasteiger partial charge on any atom is 0.255 e. The van der Waals surface area contributed by atoms with E-state index in [9.17, 15) is 14.4 Å². The highest BCUT2D eigenvalue weighted by Crippen LogP contribution is 2.37. The lowest BCUT2D eigenvalue weighted by Gasteiger charge is -2.30. The Hall–Kier alpha value is -2.25. The zero-order valence-electron chi connectivity index (χ0n) is 15.9. The predicted molar refractivity (Wildman–Crippen MR) is 102 cm³/mol. The van der Waals surface area contributed by atoms with E-state index in [1.807, 2.05) is 12.1 Å². The molecule has 2 saturated heterocycles. The SMILES string of the molecule is O=C1CCC(N2Cc3cc(CNC45CCCC4NCC5)ccc3C2=O)C(=O)N1. The van der Waals surface area contributed by atoms with Gasteiger partial charge in [-0.15, -0.1) is 0 Å². The first kappa shape index (κ1) is 17.8. The van der Waals surface area contributed by atoms with Crippen LogP contribution in [0.3, 0.4) is 0 Å². The fourth-order valence-electron chi connectivity index (χ4n) is 5.45. The van der Waals surface area contributed by atoms with E-state index in [1.165, 1.54) is 31.2 Å². The van der Waals surface area contributed by atoms with Crippen molar-refractivity contribution in [1.82, 2.24) is 20.9 Å². The Balaban J connectivity index is 1.29. The van der Waals surface area contributed by atoms with Crippen molar-refractivity contribution >= 4 is 17.7 Å². The van der Waals surface area contributed by atoms with Gasteiger partial charge in [-0.05, 0) is 55.8 Å². The summed E-state index contributed by atoms with van der Waals surface area (Å²) in [5.41, 5.74) is 3.03. The molecular formula is C21H26N4O3. The second kappa shape index (κ2) is 6.67.